The van der Waals surface area contributed by atoms with Crippen LogP contribution in [0.2, 0.25) is 0 Å². The van der Waals surface area contributed by atoms with Crippen LogP contribution in [0.3, 0.4) is 0 Å². The highest BCUT2D eigenvalue weighted by molar-refractivity contribution is 6.16. The average Bonchev–Trinajstić information content (AvgIpc) is 3.08. The van der Waals surface area contributed by atoms with Crippen LogP contribution < -0.4 is 15.4 Å². The van der Waals surface area contributed by atoms with Crippen molar-refractivity contribution in [2.45, 2.75) is 6.61 Å². The molecule has 9 heteroatoms. The van der Waals surface area contributed by atoms with Crippen molar-refractivity contribution >= 4 is 29.6 Å². The second-order valence-corrected chi connectivity index (χ2v) is 7.36. The third-order valence-corrected chi connectivity index (χ3v) is 4.94. The van der Waals surface area contributed by atoms with E-state index < -0.39 is 30.2 Å². The summed E-state index contributed by atoms with van der Waals surface area (Å²) in [7, 11) is 0. The predicted molar refractivity (Wildman–Crippen MR) is 120 cm³/mol. The van der Waals surface area contributed by atoms with Gasteiger partial charge in [-0.2, -0.15) is 0 Å². The number of amides is 4. The fraction of sp³-hybridized carbons (Fsp3) is 0.0800. The Morgan fingerprint density at radius 1 is 0.971 bits per heavy atom. The molecule has 1 aliphatic heterocycles. The molecule has 7 nitrogen and oxygen atoms in total. The summed E-state index contributed by atoms with van der Waals surface area (Å²) in [6.07, 6.45) is 1.44. The molecule has 0 aromatic heterocycles. The summed E-state index contributed by atoms with van der Waals surface area (Å²) in [6.45, 7) is -0.415. The Morgan fingerprint density at radius 2 is 1.68 bits per heavy atom. The highest BCUT2D eigenvalue weighted by atomic mass is 19.1. The number of ether oxygens (including phenoxy) is 1. The highest BCUT2D eigenvalue weighted by Gasteiger charge is 2.35. The molecule has 34 heavy (non-hydrogen) atoms. The first-order valence-electron chi connectivity index (χ1n) is 10.3. The molecule has 1 saturated heterocycles. The summed E-state index contributed by atoms with van der Waals surface area (Å²) in [5, 5.41) is 4.77. The van der Waals surface area contributed by atoms with E-state index in [1.54, 1.807) is 42.5 Å². The predicted octanol–water partition coefficient (Wildman–Crippen LogP) is 4.08. The molecule has 1 aliphatic rings. The summed E-state index contributed by atoms with van der Waals surface area (Å²) in [5.41, 5.74) is 1.18. The number of benzene rings is 3. The van der Waals surface area contributed by atoms with Crippen LogP contribution in [-0.2, 0) is 16.2 Å². The molecule has 172 valence electrons. The van der Waals surface area contributed by atoms with Crippen molar-refractivity contribution in [2.75, 3.05) is 11.9 Å². The molecular formula is C25H19F2N3O4. The maximum Gasteiger partial charge on any atom is 0.329 e. The van der Waals surface area contributed by atoms with Crippen LogP contribution in [0, 0.1) is 11.6 Å². The molecule has 3 aromatic carbocycles. The number of nitrogens with zero attached hydrogens (tertiary/aromatic N) is 1. The molecule has 1 fully saturated rings. The fourth-order valence-electron chi connectivity index (χ4n) is 3.24. The fourth-order valence-corrected chi connectivity index (χ4v) is 3.24. The van der Waals surface area contributed by atoms with E-state index in [0.29, 0.717) is 11.3 Å². The Hall–Kier alpha value is -4.53. The third kappa shape index (κ3) is 5.26. The zero-order valence-corrected chi connectivity index (χ0v) is 17.8. The number of anilines is 1. The number of carbonyl (C=O) groups is 3. The van der Waals surface area contributed by atoms with Crippen molar-refractivity contribution in [2.24, 2.45) is 0 Å². The Balaban J connectivity index is 1.45. The van der Waals surface area contributed by atoms with Crippen LogP contribution in [0.5, 0.6) is 5.75 Å². The number of hydrogen-bond donors (Lipinski definition) is 2. The molecule has 4 amide bonds. The molecule has 0 radical (unpaired) electrons. The second-order valence-electron chi connectivity index (χ2n) is 7.36. The van der Waals surface area contributed by atoms with Crippen LogP contribution in [0.4, 0.5) is 19.3 Å². The lowest BCUT2D eigenvalue weighted by molar-refractivity contribution is -0.127. The molecule has 0 saturated carbocycles. The summed E-state index contributed by atoms with van der Waals surface area (Å²) < 4.78 is 32.6. The van der Waals surface area contributed by atoms with Gasteiger partial charge >= 0.3 is 6.03 Å². The van der Waals surface area contributed by atoms with E-state index in [9.17, 15) is 23.2 Å². The minimum Gasteiger partial charge on any atom is -0.488 e. The minimum atomic E-state index is -0.773. The minimum absolute atomic E-state index is 0.0403. The van der Waals surface area contributed by atoms with Gasteiger partial charge in [-0.05, 0) is 42.0 Å². The molecule has 2 N–H and O–H groups in total. The Labute approximate surface area is 193 Å². The smallest absolute Gasteiger partial charge is 0.329 e. The van der Waals surface area contributed by atoms with Gasteiger partial charge in [-0.25, -0.2) is 18.5 Å². The number of nitrogens with one attached hydrogen (secondary N) is 2. The van der Waals surface area contributed by atoms with E-state index in [1.807, 2.05) is 0 Å². The van der Waals surface area contributed by atoms with E-state index in [-0.39, 0.29) is 23.8 Å². The number of rotatable bonds is 7. The molecule has 4 rings (SSSR count). The highest BCUT2D eigenvalue weighted by Crippen LogP contribution is 2.24. The van der Waals surface area contributed by atoms with Crippen LogP contribution >= 0.6 is 0 Å². The number of hydrogen-bond acceptors (Lipinski definition) is 4. The molecule has 0 atom stereocenters. The van der Waals surface area contributed by atoms with Gasteiger partial charge in [-0.3, -0.25) is 9.59 Å². The Kier molecular flexibility index (Phi) is 6.63. The molecule has 3 aromatic rings. The van der Waals surface area contributed by atoms with Gasteiger partial charge in [-0.1, -0.05) is 42.5 Å². The van der Waals surface area contributed by atoms with Gasteiger partial charge < -0.3 is 15.4 Å². The SMILES string of the molecule is O=C(CN1C(=O)N/C(=C/c2ccccc2OCc2ccc(F)cc2)C1=O)Nc1ccccc1F. The summed E-state index contributed by atoms with van der Waals surface area (Å²) >= 11 is 0. The van der Waals surface area contributed by atoms with Crippen molar-refractivity contribution in [1.82, 2.24) is 10.2 Å². The van der Waals surface area contributed by atoms with Crippen LogP contribution in [0.1, 0.15) is 11.1 Å². The van der Waals surface area contributed by atoms with Crippen LogP contribution in [0.15, 0.2) is 78.5 Å². The summed E-state index contributed by atoms with van der Waals surface area (Å²) in [5.74, 6) is -1.97. The number of para-hydroxylation sites is 2. The lowest BCUT2D eigenvalue weighted by Gasteiger charge is -2.12. The number of urea groups is 1. The van der Waals surface area contributed by atoms with Gasteiger partial charge in [-0.15, -0.1) is 0 Å². The van der Waals surface area contributed by atoms with Gasteiger partial charge in [0.1, 0.15) is 36.2 Å². The molecule has 1 heterocycles. The van der Waals surface area contributed by atoms with Crippen molar-refractivity contribution in [3.63, 3.8) is 0 Å². The van der Waals surface area contributed by atoms with Crippen molar-refractivity contribution in [3.8, 4) is 5.75 Å². The van der Waals surface area contributed by atoms with Gasteiger partial charge in [0.05, 0.1) is 5.69 Å². The monoisotopic (exact) mass is 463 g/mol. The van der Waals surface area contributed by atoms with Crippen LogP contribution in [0.25, 0.3) is 6.08 Å². The van der Waals surface area contributed by atoms with E-state index >= 15 is 0 Å². The Morgan fingerprint density at radius 3 is 2.44 bits per heavy atom. The van der Waals surface area contributed by atoms with Crippen molar-refractivity contribution in [1.29, 1.82) is 0 Å². The first kappa shape index (κ1) is 22.7. The maximum atomic E-state index is 13.7. The number of imide groups is 1. The molecule has 0 spiro atoms. The van der Waals surface area contributed by atoms with Gasteiger partial charge in [0.2, 0.25) is 5.91 Å². The second kappa shape index (κ2) is 9.95. The van der Waals surface area contributed by atoms with E-state index in [0.717, 1.165) is 10.5 Å². The summed E-state index contributed by atoms with van der Waals surface area (Å²) in [4.78, 5) is 38.0. The van der Waals surface area contributed by atoms with Crippen molar-refractivity contribution < 1.29 is 27.9 Å². The third-order valence-electron chi connectivity index (χ3n) is 4.94. The van der Waals surface area contributed by atoms with Gasteiger partial charge in [0.25, 0.3) is 5.91 Å². The molecular weight excluding hydrogens is 444 g/mol. The zero-order chi connectivity index (χ0) is 24.1. The number of carbonyl (C=O) groups excluding carboxylic acids is 3. The average molecular weight is 463 g/mol. The first-order valence-corrected chi connectivity index (χ1v) is 10.3. The van der Waals surface area contributed by atoms with Crippen LogP contribution in [-0.4, -0.2) is 29.3 Å². The Bertz CT molecular complexity index is 1280. The lowest BCUT2D eigenvalue weighted by atomic mass is 10.1. The van der Waals surface area contributed by atoms with Gasteiger partial charge in [0, 0.05) is 5.56 Å². The normalized spacial score (nSPS) is 14.3. The quantitative estimate of drug-likeness (QED) is 0.408. The topological polar surface area (TPSA) is 87.7 Å². The summed E-state index contributed by atoms with van der Waals surface area (Å²) in [6, 6.07) is 17.5. The molecule has 0 unspecified atom stereocenters. The zero-order valence-electron chi connectivity index (χ0n) is 17.8. The number of halogens is 2. The van der Waals surface area contributed by atoms with E-state index in [4.69, 9.17) is 4.74 Å². The van der Waals surface area contributed by atoms with Gasteiger partial charge in [0.15, 0.2) is 0 Å². The van der Waals surface area contributed by atoms with E-state index in [1.165, 1.54) is 36.4 Å². The molecule has 0 aliphatic carbocycles. The lowest BCUT2D eigenvalue weighted by Crippen LogP contribution is -2.38. The largest absolute Gasteiger partial charge is 0.488 e. The maximum absolute atomic E-state index is 13.7. The molecule has 0 bridgehead atoms. The standard InChI is InChI=1S/C25H19F2N3O4/c26-18-11-9-16(10-12-18)15-34-22-8-4-1-5-17(22)13-21-24(32)30(25(33)29-21)14-23(31)28-20-7-3-2-6-19(20)27/h1-13H,14-15H2,(H,28,31)(H,29,33)/b21-13+. The van der Waals surface area contributed by atoms with Crippen molar-refractivity contribution in [3.05, 3.63) is 101 Å². The van der Waals surface area contributed by atoms with E-state index in [2.05, 4.69) is 10.6 Å². The first-order chi connectivity index (χ1) is 16.4.